The number of carbonyl (C=O) groups is 2. The molecule has 7 heteroatoms. The van der Waals surface area contributed by atoms with Crippen LogP contribution in [-0.4, -0.2) is 28.1 Å². The van der Waals surface area contributed by atoms with E-state index in [0.717, 1.165) is 36.1 Å². The number of nitrogens with one attached hydrogen (secondary N) is 2. The standard InChI is InChI=1S/C22H22N4O3/c23-21(27)18-6-1-2-7-20(18)29-13-14-4-3-5-15(10-14)22(28)25-17-8-9-19-16(11-17)12-24-26-19/h1-7,10,12,17H,8-9,11,13H2,(H2,23,27)(H,24,26)(H,25,28). The van der Waals surface area contributed by atoms with Crippen LogP contribution in [-0.2, 0) is 19.4 Å². The van der Waals surface area contributed by atoms with Crippen LogP contribution in [0.4, 0.5) is 0 Å². The minimum atomic E-state index is -0.540. The Hall–Kier alpha value is -3.61. The third-order valence-corrected chi connectivity index (χ3v) is 5.09. The van der Waals surface area contributed by atoms with Gasteiger partial charge in [0.2, 0.25) is 0 Å². The van der Waals surface area contributed by atoms with Gasteiger partial charge in [-0.3, -0.25) is 14.7 Å². The highest BCUT2D eigenvalue weighted by atomic mass is 16.5. The van der Waals surface area contributed by atoms with Crippen LogP contribution in [0, 0.1) is 0 Å². The van der Waals surface area contributed by atoms with E-state index in [1.807, 2.05) is 18.3 Å². The number of primary amides is 1. The molecule has 2 amide bonds. The summed E-state index contributed by atoms with van der Waals surface area (Å²) in [6.07, 6.45) is 4.38. The van der Waals surface area contributed by atoms with E-state index < -0.39 is 5.91 Å². The molecule has 148 valence electrons. The number of nitrogens with zero attached hydrogens (tertiary/aromatic N) is 1. The second-order valence-electron chi connectivity index (χ2n) is 7.14. The predicted molar refractivity (Wildman–Crippen MR) is 108 cm³/mol. The lowest BCUT2D eigenvalue weighted by Gasteiger charge is -2.23. The fourth-order valence-corrected chi connectivity index (χ4v) is 3.57. The molecule has 0 radical (unpaired) electrons. The molecule has 0 saturated heterocycles. The van der Waals surface area contributed by atoms with Crippen LogP contribution >= 0.6 is 0 Å². The maximum absolute atomic E-state index is 12.7. The lowest BCUT2D eigenvalue weighted by molar-refractivity contribution is 0.0932. The summed E-state index contributed by atoms with van der Waals surface area (Å²) in [4.78, 5) is 24.2. The smallest absolute Gasteiger partial charge is 0.252 e. The molecule has 0 fully saturated rings. The van der Waals surface area contributed by atoms with Gasteiger partial charge in [0.25, 0.3) is 11.8 Å². The molecule has 0 spiro atoms. The first kappa shape index (κ1) is 18.7. The van der Waals surface area contributed by atoms with Crippen LogP contribution < -0.4 is 15.8 Å². The Balaban J connectivity index is 1.40. The predicted octanol–water partition coefficient (Wildman–Crippen LogP) is 2.37. The second-order valence-corrected chi connectivity index (χ2v) is 7.14. The number of fused-ring (bicyclic) bond motifs is 1. The zero-order chi connectivity index (χ0) is 20.2. The average molecular weight is 390 g/mol. The van der Waals surface area contributed by atoms with Crippen molar-refractivity contribution in [3.63, 3.8) is 0 Å². The number of aromatic amines is 1. The summed E-state index contributed by atoms with van der Waals surface area (Å²) in [7, 11) is 0. The summed E-state index contributed by atoms with van der Waals surface area (Å²) in [5.74, 6) is -0.226. The molecule has 1 atom stereocenters. The number of rotatable bonds is 6. The number of para-hydroxylation sites is 1. The Labute approximate surface area is 168 Å². The van der Waals surface area contributed by atoms with Crippen molar-refractivity contribution in [3.05, 3.63) is 82.7 Å². The molecule has 0 bridgehead atoms. The number of ether oxygens (including phenoxy) is 1. The van der Waals surface area contributed by atoms with E-state index in [1.54, 1.807) is 36.4 Å². The van der Waals surface area contributed by atoms with E-state index in [2.05, 4.69) is 15.5 Å². The van der Waals surface area contributed by atoms with E-state index in [1.165, 1.54) is 0 Å². The minimum absolute atomic E-state index is 0.0925. The highest BCUT2D eigenvalue weighted by molar-refractivity contribution is 5.95. The first-order valence-corrected chi connectivity index (χ1v) is 9.52. The molecule has 1 heterocycles. The summed E-state index contributed by atoms with van der Waals surface area (Å²) < 4.78 is 5.76. The monoisotopic (exact) mass is 390 g/mol. The molecule has 0 saturated carbocycles. The number of hydrogen-bond acceptors (Lipinski definition) is 4. The molecule has 1 aliphatic rings. The molecule has 3 aromatic rings. The van der Waals surface area contributed by atoms with Gasteiger partial charge in [0.05, 0.1) is 11.8 Å². The van der Waals surface area contributed by atoms with Crippen molar-refractivity contribution in [3.8, 4) is 5.75 Å². The van der Waals surface area contributed by atoms with Crippen molar-refractivity contribution in [1.82, 2.24) is 15.5 Å². The Morgan fingerprint density at radius 1 is 1.21 bits per heavy atom. The minimum Gasteiger partial charge on any atom is -0.488 e. The Bertz CT molecular complexity index is 1040. The number of H-pyrrole nitrogens is 1. The molecular weight excluding hydrogens is 368 g/mol. The van der Waals surface area contributed by atoms with E-state index >= 15 is 0 Å². The Morgan fingerprint density at radius 2 is 2.07 bits per heavy atom. The van der Waals surface area contributed by atoms with E-state index in [-0.39, 0.29) is 18.6 Å². The highest BCUT2D eigenvalue weighted by Crippen LogP contribution is 2.20. The number of amides is 2. The molecule has 0 aliphatic heterocycles. The number of nitrogens with two attached hydrogens (primary N) is 1. The summed E-state index contributed by atoms with van der Waals surface area (Å²) in [6.45, 7) is 0.229. The van der Waals surface area contributed by atoms with Crippen LogP contribution in [0.5, 0.6) is 5.75 Å². The van der Waals surface area contributed by atoms with Gasteiger partial charge in [0, 0.05) is 17.3 Å². The third kappa shape index (κ3) is 4.29. The zero-order valence-electron chi connectivity index (χ0n) is 15.9. The maximum Gasteiger partial charge on any atom is 0.252 e. The van der Waals surface area contributed by atoms with Gasteiger partial charge in [-0.2, -0.15) is 5.10 Å². The molecule has 2 aromatic carbocycles. The molecule has 1 aromatic heterocycles. The molecule has 4 rings (SSSR count). The van der Waals surface area contributed by atoms with Gasteiger partial charge in [-0.15, -0.1) is 0 Å². The fourth-order valence-electron chi connectivity index (χ4n) is 3.57. The molecule has 29 heavy (non-hydrogen) atoms. The van der Waals surface area contributed by atoms with E-state index in [4.69, 9.17) is 10.5 Å². The average Bonchev–Trinajstić information content (AvgIpc) is 3.20. The molecule has 4 N–H and O–H groups in total. The lowest BCUT2D eigenvalue weighted by Crippen LogP contribution is -2.38. The van der Waals surface area contributed by atoms with Gasteiger partial charge in [-0.1, -0.05) is 24.3 Å². The summed E-state index contributed by atoms with van der Waals surface area (Å²) in [5.41, 5.74) is 9.44. The summed E-state index contributed by atoms with van der Waals surface area (Å²) in [5, 5.41) is 10.2. The quantitative estimate of drug-likeness (QED) is 0.600. The Kier molecular flexibility index (Phi) is 5.29. The summed E-state index contributed by atoms with van der Waals surface area (Å²) >= 11 is 0. The van der Waals surface area contributed by atoms with Crippen molar-refractivity contribution in [1.29, 1.82) is 0 Å². The van der Waals surface area contributed by atoms with Crippen molar-refractivity contribution in [2.24, 2.45) is 5.73 Å². The van der Waals surface area contributed by atoms with Crippen LogP contribution in [0.3, 0.4) is 0 Å². The molecule has 1 aliphatic carbocycles. The lowest BCUT2D eigenvalue weighted by atomic mass is 9.93. The van der Waals surface area contributed by atoms with E-state index in [9.17, 15) is 9.59 Å². The van der Waals surface area contributed by atoms with Crippen molar-refractivity contribution in [2.45, 2.75) is 31.9 Å². The SMILES string of the molecule is NC(=O)c1ccccc1OCc1cccc(C(=O)NC2CCc3[nH]ncc3C2)c1. The van der Waals surface area contributed by atoms with Gasteiger partial charge >= 0.3 is 0 Å². The second kappa shape index (κ2) is 8.18. The van der Waals surface area contributed by atoms with Crippen LogP contribution in [0.25, 0.3) is 0 Å². The van der Waals surface area contributed by atoms with Gasteiger partial charge < -0.3 is 15.8 Å². The molecular formula is C22H22N4O3. The normalized spacial score (nSPS) is 15.4. The molecule has 7 nitrogen and oxygen atoms in total. The summed E-state index contributed by atoms with van der Waals surface area (Å²) in [6, 6.07) is 14.2. The first-order valence-electron chi connectivity index (χ1n) is 9.52. The van der Waals surface area contributed by atoms with Gasteiger partial charge in [0.15, 0.2) is 0 Å². The topological polar surface area (TPSA) is 110 Å². The van der Waals surface area contributed by atoms with Gasteiger partial charge in [0.1, 0.15) is 12.4 Å². The van der Waals surface area contributed by atoms with Crippen LogP contribution in [0.15, 0.2) is 54.7 Å². The highest BCUT2D eigenvalue weighted by Gasteiger charge is 2.22. The number of aryl methyl sites for hydroxylation is 1. The van der Waals surface area contributed by atoms with E-state index in [0.29, 0.717) is 16.9 Å². The number of benzene rings is 2. The number of aromatic nitrogens is 2. The van der Waals surface area contributed by atoms with Gasteiger partial charge in [-0.25, -0.2) is 0 Å². The first-order chi connectivity index (χ1) is 14.1. The van der Waals surface area contributed by atoms with Crippen molar-refractivity contribution in [2.75, 3.05) is 0 Å². The van der Waals surface area contributed by atoms with Crippen LogP contribution in [0.2, 0.25) is 0 Å². The van der Waals surface area contributed by atoms with Crippen molar-refractivity contribution < 1.29 is 14.3 Å². The number of carbonyl (C=O) groups excluding carboxylic acids is 2. The fraction of sp³-hybridized carbons (Fsp3) is 0.227. The van der Waals surface area contributed by atoms with Gasteiger partial charge in [-0.05, 0) is 54.7 Å². The van der Waals surface area contributed by atoms with Crippen molar-refractivity contribution >= 4 is 11.8 Å². The largest absolute Gasteiger partial charge is 0.488 e. The Morgan fingerprint density at radius 3 is 2.93 bits per heavy atom. The maximum atomic E-state index is 12.7. The third-order valence-electron chi connectivity index (χ3n) is 5.09. The number of hydrogen-bond donors (Lipinski definition) is 3. The molecule has 1 unspecified atom stereocenters. The zero-order valence-corrected chi connectivity index (χ0v) is 15.9. The van der Waals surface area contributed by atoms with Crippen LogP contribution in [0.1, 0.15) is 44.0 Å².